The van der Waals surface area contributed by atoms with Crippen molar-refractivity contribution in [2.24, 2.45) is 5.73 Å². The number of carbonyl (C=O) groups excluding carboxylic acids is 2. The maximum Gasteiger partial charge on any atom is 0.274 e. The summed E-state index contributed by atoms with van der Waals surface area (Å²) >= 11 is 1.51. The molecule has 0 aliphatic carbocycles. The third-order valence-electron chi connectivity index (χ3n) is 3.94. The largest absolute Gasteiger partial charge is 0.368 e. The SMILES string of the molecule is NC(=O)C1CCCN1C(=O)c1csc(C2CCCN2)n1. The molecule has 0 radical (unpaired) electrons. The molecule has 2 saturated heterocycles. The maximum atomic E-state index is 12.4. The van der Waals surface area contributed by atoms with Gasteiger partial charge in [0.25, 0.3) is 5.91 Å². The number of rotatable bonds is 3. The highest BCUT2D eigenvalue weighted by molar-refractivity contribution is 7.09. The molecular formula is C13H18N4O2S. The maximum absolute atomic E-state index is 12.4. The fourth-order valence-corrected chi connectivity index (χ4v) is 3.80. The molecule has 3 heterocycles. The molecule has 6 nitrogen and oxygen atoms in total. The van der Waals surface area contributed by atoms with E-state index < -0.39 is 11.9 Å². The van der Waals surface area contributed by atoms with Crippen molar-refractivity contribution in [3.63, 3.8) is 0 Å². The summed E-state index contributed by atoms with van der Waals surface area (Å²) in [5.74, 6) is -0.601. The average Bonchev–Trinajstić information content (AvgIpc) is 3.17. The highest BCUT2D eigenvalue weighted by Gasteiger charge is 2.34. The van der Waals surface area contributed by atoms with Gasteiger partial charge in [0, 0.05) is 11.9 Å². The van der Waals surface area contributed by atoms with E-state index >= 15 is 0 Å². The quantitative estimate of drug-likeness (QED) is 0.857. The Bertz CT molecular complexity index is 524. The second kappa shape index (κ2) is 5.49. The highest BCUT2D eigenvalue weighted by atomic mass is 32.1. The van der Waals surface area contributed by atoms with Crippen LogP contribution in [0.25, 0.3) is 0 Å². The average molecular weight is 294 g/mol. The standard InChI is InChI=1S/C13H18N4O2S/c14-11(18)10-4-2-6-17(10)13(19)9-7-20-12(16-9)8-3-1-5-15-8/h7-8,10,15H,1-6H2,(H2,14,18). The van der Waals surface area contributed by atoms with Crippen LogP contribution in [0.15, 0.2) is 5.38 Å². The lowest BCUT2D eigenvalue weighted by Crippen LogP contribution is -2.43. The summed E-state index contributed by atoms with van der Waals surface area (Å²) < 4.78 is 0. The van der Waals surface area contributed by atoms with Crippen molar-refractivity contribution in [2.75, 3.05) is 13.1 Å². The van der Waals surface area contributed by atoms with Gasteiger partial charge in [-0.3, -0.25) is 9.59 Å². The number of nitrogens with two attached hydrogens (primary N) is 1. The number of thiazole rings is 1. The molecule has 7 heteroatoms. The van der Waals surface area contributed by atoms with Crippen LogP contribution in [0.3, 0.4) is 0 Å². The van der Waals surface area contributed by atoms with E-state index in [9.17, 15) is 9.59 Å². The third-order valence-corrected chi connectivity index (χ3v) is 4.90. The zero-order valence-corrected chi connectivity index (χ0v) is 12.0. The smallest absolute Gasteiger partial charge is 0.274 e. The number of carbonyl (C=O) groups is 2. The summed E-state index contributed by atoms with van der Waals surface area (Å²) in [5.41, 5.74) is 5.79. The number of nitrogens with zero attached hydrogens (tertiary/aromatic N) is 2. The third kappa shape index (κ3) is 2.43. The van der Waals surface area contributed by atoms with Gasteiger partial charge in [-0.15, -0.1) is 11.3 Å². The first-order valence-corrected chi connectivity index (χ1v) is 7.84. The number of aromatic nitrogens is 1. The van der Waals surface area contributed by atoms with Gasteiger partial charge < -0.3 is 16.0 Å². The molecule has 20 heavy (non-hydrogen) atoms. The molecule has 2 fully saturated rings. The number of hydrogen-bond acceptors (Lipinski definition) is 5. The fraction of sp³-hybridized carbons (Fsp3) is 0.615. The van der Waals surface area contributed by atoms with E-state index in [1.54, 1.807) is 10.3 Å². The summed E-state index contributed by atoms with van der Waals surface area (Å²) in [6.45, 7) is 1.59. The molecule has 1 aromatic heterocycles. The second-order valence-electron chi connectivity index (χ2n) is 5.28. The zero-order valence-electron chi connectivity index (χ0n) is 11.2. The van der Waals surface area contributed by atoms with E-state index in [-0.39, 0.29) is 11.9 Å². The van der Waals surface area contributed by atoms with E-state index in [0.717, 1.165) is 30.8 Å². The van der Waals surface area contributed by atoms with E-state index in [4.69, 9.17) is 5.73 Å². The van der Waals surface area contributed by atoms with Gasteiger partial charge in [-0.25, -0.2) is 4.98 Å². The minimum absolute atomic E-state index is 0.174. The lowest BCUT2D eigenvalue weighted by atomic mass is 10.2. The van der Waals surface area contributed by atoms with Gasteiger partial charge in [0.2, 0.25) is 5.91 Å². The Kier molecular flexibility index (Phi) is 3.71. The van der Waals surface area contributed by atoms with E-state index in [1.807, 2.05) is 0 Å². The Hall–Kier alpha value is -1.47. The van der Waals surface area contributed by atoms with Gasteiger partial charge in [-0.1, -0.05) is 0 Å². The van der Waals surface area contributed by atoms with Crippen molar-refractivity contribution in [1.82, 2.24) is 15.2 Å². The van der Waals surface area contributed by atoms with Gasteiger partial charge in [0.15, 0.2) is 0 Å². The second-order valence-corrected chi connectivity index (χ2v) is 6.17. The summed E-state index contributed by atoms with van der Waals surface area (Å²) in [5, 5.41) is 6.12. The van der Waals surface area contributed by atoms with Crippen LogP contribution in [0.4, 0.5) is 0 Å². The Morgan fingerprint density at radius 3 is 2.95 bits per heavy atom. The predicted octanol–water partition coefficient (Wildman–Crippen LogP) is 0.657. The number of primary amides is 1. The molecule has 108 valence electrons. The van der Waals surface area contributed by atoms with Crippen LogP contribution in [0.1, 0.15) is 47.2 Å². The monoisotopic (exact) mass is 294 g/mol. The van der Waals surface area contributed by atoms with Crippen LogP contribution in [0.2, 0.25) is 0 Å². The van der Waals surface area contributed by atoms with E-state index in [0.29, 0.717) is 18.7 Å². The van der Waals surface area contributed by atoms with Crippen molar-refractivity contribution in [3.05, 3.63) is 16.1 Å². The molecule has 2 atom stereocenters. The molecule has 2 unspecified atom stereocenters. The molecule has 3 N–H and O–H groups in total. The van der Waals surface area contributed by atoms with Crippen LogP contribution in [-0.2, 0) is 4.79 Å². The minimum atomic E-state index is -0.475. The molecule has 0 aromatic carbocycles. The first kappa shape index (κ1) is 13.5. The van der Waals surface area contributed by atoms with Crippen molar-refractivity contribution in [2.45, 2.75) is 37.8 Å². The van der Waals surface area contributed by atoms with Crippen molar-refractivity contribution < 1.29 is 9.59 Å². The Labute approximate surface area is 121 Å². The number of likely N-dealkylation sites (tertiary alicyclic amines) is 1. The predicted molar refractivity (Wildman–Crippen MR) is 75.3 cm³/mol. The van der Waals surface area contributed by atoms with Crippen LogP contribution in [-0.4, -0.2) is 40.8 Å². The molecule has 0 spiro atoms. The number of amides is 2. The summed E-state index contributed by atoms with van der Waals surface area (Å²) in [6, 6.07) is -0.204. The van der Waals surface area contributed by atoms with Crippen LogP contribution in [0.5, 0.6) is 0 Å². The lowest BCUT2D eigenvalue weighted by Gasteiger charge is -2.20. The van der Waals surface area contributed by atoms with Crippen molar-refractivity contribution >= 4 is 23.2 Å². The van der Waals surface area contributed by atoms with Gasteiger partial charge in [0.1, 0.15) is 16.7 Å². The van der Waals surface area contributed by atoms with Crippen molar-refractivity contribution in [1.29, 1.82) is 0 Å². The van der Waals surface area contributed by atoms with Crippen LogP contribution < -0.4 is 11.1 Å². The summed E-state index contributed by atoms with van der Waals surface area (Å²) in [4.78, 5) is 29.8. The van der Waals surface area contributed by atoms with Gasteiger partial charge >= 0.3 is 0 Å². The molecule has 2 amide bonds. The topological polar surface area (TPSA) is 88.3 Å². The number of nitrogens with one attached hydrogen (secondary N) is 1. The first-order valence-electron chi connectivity index (χ1n) is 6.96. The molecule has 0 bridgehead atoms. The van der Waals surface area contributed by atoms with E-state index in [2.05, 4.69) is 10.3 Å². The van der Waals surface area contributed by atoms with Crippen LogP contribution >= 0.6 is 11.3 Å². The Morgan fingerprint density at radius 2 is 2.25 bits per heavy atom. The molecule has 2 aliphatic rings. The highest BCUT2D eigenvalue weighted by Crippen LogP contribution is 2.27. The van der Waals surface area contributed by atoms with Gasteiger partial charge in [0.05, 0.1) is 6.04 Å². The first-order chi connectivity index (χ1) is 9.66. The zero-order chi connectivity index (χ0) is 14.1. The normalized spacial score (nSPS) is 26.1. The lowest BCUT2D eigenvalue weighted by molar-refractivity contribution is -0.121. The fourth-order valence-electron chi connectivity index (χ4n) is 2.89. The van der Waals surface area contributed by atoms with E-state index in [1.165, 1.54) is 11.3 Å². The van der Waals surface area contributed by atoms with Gasteiger partial charge in [-0.05, 0) is 32.2 Å². The Balaban J connectivity index is 1.75. The molecule has 2 aliphatic heterocycles. The minimum Gasteiger partial charge on any atom is -0.368 e. The van der Waals surface area contributed by atoms with Crippen LogP contribution in [0, 0.1) is 0 Å². The molecule has 3 rings (SSSR count). The van der Waals surface area contributed by atoms with Crippen molar-refractivity contribution in [3.8, 4) is 0 Å². The molecular weight excluding hydrogens is 276 g/mol. The summed E-state index contributed by atoms with van der Waals surface area (Å²) in [7, 11) is 0. The summed E-state index contributed by atoms with van der Waals surface area (Å²) in [6.07, 6.45) is 3.68. The molecule has 1 aromatic rings. The number of hydrogen-bond donors (Lipinski definition) is 2. The van der Waals surface area contributed by atoms with Gasteiger partial charge in [-0.2, -0.15) is 0 Å². The molecule has 0 saturated carbocycles. The Morgan fingerprint density at radius 1 is 1.40 bits per heavy atom.